The number of sulfonamides is 1. The third-order valence-electron chi connectivity index (χ3n) is 4.26. The summed E-state index contributed by atoms with van der Waals surface area (Å²) in [6.45, 7) is 1.82. The van der Waals surface area contributed by atoms with Crippen molar-refractivity contribution in [3.8, 4) is 0 Å². The van der Waals surface area contributed by atoms with Crippen molar-refractivity contribution in [1.82, 2.24) is 15.1 Å². The lowest BCUT2D eigenvalue weighted by Gasteiger charge is -2.33. The number of hydrogen-bond donors (Lipinski definition) is 1. The van der Waals surface area contributed by atoms with Gasteiger partial charge in [0.25, 0.3) is 15.9 Å². The molecule has 0 spiro atoms. The highest BCUT2D eigenvalue weighted by molar-refractivity contribution is 7.90. The maximum atomic E-state index is 12.6. The van der Waals surface area contributed by atoms with E-state index in [0.29, 0.717) is 24.0 Å². The van der Waals surface area contributed by atoms with Gasteiger partial charge in [-0.25, -0.2) is 8.42 Å². The molecular formula is C14H20N4O3S. The maximum Gasteiger partial charge on any atom is 0.256 e. The number of nitrogens with one attached hydrogen (secondary N) is 1. The molecule has 0 bridgehead atoms. The predicted molar refractivity (Wildman–Crippen MR) is 83.8 cm³/mol. The molecule has 0 aromatic carbocycles. The highest BCUT2D eigenvalue weighted by Crippen LogP contribution is 2.19. The molecular weight excluding hydrogens is 304 g/mol. The summed E-state index contributed by atoms with van der Waals surface area (Å²) in [6, 6.07) is 0.478. The SMILES string of the molecule is CNC1CCN(C(=O)C2=CN3CCS(=O)(=O)N=C3C=C2)CC1. The van der Waals surface area contributed by atoms with E-state index in [0.717, 1.165) is 25.9 Å². The van der Waals surface area contributed by atoms with E-state index in [1.165, 1.54) is 0 Å². The number of amidine groups is 1. The minimum atomic E-state index is -3.36. The fourth-order valence-electron chi connectivity index (χ4n) is 2.88. The van der Waals surface area contributed by atoms with Gasteiger partial charge in [-0.3, -0.25) is 4.79 Å². The van der Waals surface area contributed by atoms with Crippen molar-refractivity contribution in [2.45, 2.75) is 18.9 Å². The van der Waals surface area contributed by atoms with Crippen molar-refractivity contribution in [2.24, 2.45) is 4.40 Å². The fraction of sp³-hybridized carbons (Fsp3) is 0.571. The fourth-order valence-corrected chi connectivity index (χ4v) is 3.85. The largest absolute Gasteiger partial charge is 0.338 e. The number of amides is 1. The van der Waals surface area contributed by atoms with E-state index in [2.05, 4.69) is 9.71 Å². The van der Waals surface area contributed by atoms with Crippen molar-refractivity contribution in [2.75, 3.05) is 32.4 Å². The summed E-state index contributed by atoms with van der Waals surface area (Å²) in [5.74, 6) is 0.366. The van der Waals surface area contributed by atoms with Gasteiger partial charge >= 0.3 is 0 Å². The molecule has 1 N–H and O–H groups in total. The number of carbonyl (C=O) groups excluding carboxylic acids is 1. The Kier molecular flexibility index (Phi) is 4.05. The summed E-state index contributed by atoms with van der Waals surface area (Å²) < 4.78 is 26.7. The summed E-state index contributed by atoms with van der Waals surface area (Å²) >= 11 is 0. The topological polar surface area (TPSA) is 82.1 Å². The lowest BCUT2D eigenvalue weighted by atomic mass is 10.0. The lowest BCUT2D eigenvalue weighted by Crippen LogP contribution is -2.45. The molecule has 0 aliphatic carbocycles. The maximum absolute atomic E-state index is 12.6. The molecule has 0 unspecified atom stereocenters. The normalized spacial score (nSPS) is 24.6. The van der Waals surface area contributed by atoms with Crippen LogP contribution in [0.3, 0.4) is 0 Å². The number of rotatable bonds is 2. The Morgan fingerprint density at radius 3 is 2.68 bits per heavy atom. The van der Waals surface area contributed by atoms with Gasteiger partial charge in [0, 0.05) is 31.9 Å². The van der Waals surface area contributed by atoms with Gasteiger partial charge in [0.2, 0.25) is 0 Å². The Hall–Kier alpha value is -1.67. The van der Waals surface area contributed by atoms with Gasteiger partial charge in [-0.05, 0) is 32.0 Å². The van der Waals surface area contributed by atoms with Crippen molar-refractivity contribution in [3.05, 3.63) is 23.9 Å². The Bertz CT molecular complexity index is 658. The number of likely N-dealkylation sites (tertiary alicyclic amines) is 1. The number of nitrogens with zero attached hydrogens (tertiary/aromatic N) is 3. The quantitative estimate of drug-likeness (QED) is 0.754. The molecule has 120 valence electrons. The Labute approximate surface area is 130 Å². The second kappa shape index (κ2) is 5.85. The smallest absolute Gasteiger partial charge is 0.256 e. The molecule has 3 aliphatic heterocycles. The van der Waals surface area contributed by atoms with Crippen LogP contribution in [0, 0.1) is 0 Å². The summed E-state index contributed by atoms with van der Waals surface area (Å²) in [5.41, 5.74) is 0.584. The van der Waals surface area contributed by atoms with Gasteiger partial charge in [0.05, 0.1) is 11.3 Å². The summed E-state index contributed by atoms with van der Waals surface area (Å²) in [6.07, 6.45) is 6.87. The van der Waals surface area contributed by atoms with Crippen LogP contribution in [-0.2, 0) is 14.8 Å². The van der Waals surface area contributed by atoms with Crippen LogP contribution in [-0.4, -0.2) is 68.4 Å². The molecule has 1 amide bonds. The Morgan fingerprint density at radius 2 is 2.00 bits per heavy atom. The van der Waals surface area contributed by atoms with Gasteiger partial charge in [0.15, 0.2) is 0 Å². The van der Waals surface area contributed by atoms with Gasteiger partial charge < -0.3 is 15.1 Å². The monoisotopic (exact) mass is 324 g/mol. The first-order valence-electron chi connectivity index (χ1n) is 7.44. The average Bonchev–Trinajstić information content (AvgIpc) is 2.53. The van der Waals surface area contributed by atoms with E-state index in [4.69, 9.17) is 0 Å². The van der Waals surface area contributed by atoms with Crippen LogP contribution >= 0.6 is 0 Å². The molecule has 8 heteroatoms. The van der Waals surface area contributed by atoms with Crippen LogP contribution in [0.2, 0.25) is 0 Å². The zero-order chi connectivity index (χ0) is 15.7. The minimum absolute atomic E-state index is 0.00159. The lowest BCUT2D eigenvalue weighted by molar-refractivity contribution is -0.127. The first-order chi connectivity index (χ1) is 10.5. The highest BCUT2D eigenvalue weighted by Gasteiger charge is 2.28. The molecule has 0 atom stereocenters. The van der Waals surface area contributed by atoms with Gasteiger partial charge in [0.1, 0.15) is 5.84 Å². The van der Waals surface area contributed by atoms with Crippen molar-refractivity contribution in [3.63, 3.8) is 0 Å². The zero-order valence-corrected chi connectivity index (χ0v) is 13.3. The number of hydrogen-bond acceptors (Lipinski definition) is 5. The van der Waals surface area contributed by atoms with Gasteiger partial charge in [-0.1, -0.05) is 0 Å². The molecule has 7 nitrogen and oxygen atoms in total. The van der Waals surface area contributed by atoms with Crippen LogP contribution in [0.4, 0.5) is 0 Å². The third kappa shape index (κ3) is 3.07. The van der Waals surface area contributed by atoms with E-state index in [1.807, 2.05) is 11.9 Å². The van der Waals surface area contributed by atoms with Crippen molar-refractivity contribution < 1.29 is 13.2 Å². The molecule has 0 radical (unpaired) electrons. The van der Waals surface area contributed by atoms with E-state index in [9.17, 15) is 13.2 Å². The van der Waals surface area contributed by atoms with Crippen molar-refractivity contribution >= 4 is 21.8 Å². The average molecular weight is 324 g/mol. The highest BCUT2D eigenvalue weighted by atomic mass is 32.2. The molecule has 0 aromatic rings. The molecule has 1 saturated heterocycles. The van der Waals surface area contributed by atoms with E-state index >= 15 is 0 Å². The van der Waals surface area contributed by atoms with E-state index in [1.54, 1.807) is 23.3 Å². The summed E-state index contributed by atoms with van der Waals surface area (Å²) in [7, 11) is -1.41. The van der Waals surface area contributed by atoms with Crippen LogP contribution in [0.5, 0.6) is 0 Å². The second-order valence-electron chi connectivity index (χ2n) is 5.70. The van der Waals surface area contributed by atoms with Crippen molar-refractivity contribution in [1.29, 1.82) is 0 Å². The zero-order valence-electron chi connectivity index (χ0n) is 12.5. The Balaban J connectivity index is 1.71. The Morgan fingerprint density at radius 1 is 1.27 bits per heavy atom. The number of fused-ring (bicyclic) bond motifs is 1. The van der Waals surface area contributed by atoms with E-state index in [-0.39, 0.29) is 11.7 Å². The first-order valence-corrected chi connectivity index (χ1v) is 9.05. The minimum Gasteiger partial charge on any atom is -0.338 e. The molecule has 0 saturated carbocycles. The molecule has 1 fully saturated rings. The van der Waals surface area contributed by atoms with Gasteiger partial charge in [-0.15, -0.1) is 4.40 Å². The third-order valence-corrected chi connectivity index (χ3v) is 5.42. The molecule has 3 rings (SSSR count). The molecule has 3 aliphatic rings. The number of carbonyl (C=O) groups is 1. The summed E-state index contributed by atoms with van der Waals surface area (Å²) in [5, 5.41) is 3.24. The first kappa shape index (κ1) is 15.2. The summed E-state index contributed by atoms with van der Waals surface area (Å²) in [4.78, 5) is 16.1. The van der Waals surface area contributed by atoms with E-state index < -0.39 is 10.0 Å². The standard InChI is InChI=1S/C14H20N4O3S/c1-15-12-4-6-17(7-5-12)14(19)11-2-3-13-16-22(20,21)9-8-18(13)10-11/h2-3,10,12,15H,4-9H2,1H3. The molecule has 3 heterocycles. The number of piperidine rings is 1. The predicted octanol–water partition coefficient (Wildman–Crippen LogP) is -0.306. The van der Waals surface area contributed by atoms with Crippen LogP contribution in [0.25, 0.3) is 0 Å². The van der Waals surface area contributed by atoms with Crippen LogP contribution in [0.15, 0.2) is 28.3 Å². The molecule has 22 heavy (non-hydrogen) atoms. The van der Waals surface area contributed by atoms with Gasteiger partial charge in [-0.2, -0.15) is 0 Å². The van der Waals surface area contributed by atoms with Crippen LogP contribution in [0.1, 0.15) is 12.8 Å². The van der Waals surface area contributed by atoms with Crippen LogP contribution < -0.4 is 5.32 Å². The molecule has 0 aromatic heterocycles. The second-order valence-corrected chi connectivity index (χ2v) is 7.46.